The first kappa shape index (κ1) is 25.9. The maximum absolute atomic E-state index is 11.0. The number of carbonyl (C=O) groups is 1. The van der Waals surface area contributed by atoms with Crippen LogP contribution in [0.2, 0.25) is 5.02 Å². The molecule has 0 saturated heterocycles. The van der Waals surface area contributed by atoms with Crippen LogP contribution in [0.15, 0.2) is 53.0 Å². The molecule has 0 unspecified atom stereocenters. The molecule has 0 aliphatic heterocycles. The molecule has 2 N–H and O–H groups in total. The van der Waals surface area contributed by atoms with Crippen LogP contribution in [0.25, 0.3) is 5.57 Å². The van der Waals surface area contributed by atoms with Crippen LogP contribution in [0.3, 0.4) is 0 Å². The summed E-state index contributed by atoms with van der Waals surface area (Å²) in [5.74, 6) is 3.55. The van der Waals surface area contributed by atoms with Gasteiger partial charge in [0.2, 0.25) is 5.91 Å². The molecule has 2 aromatic carbocycles. The van der Waals surface area contributed by atoms with E-state index in [0.29, 0.717) is 42.8 Å². The van der Waals surface area contributed by atoms with E-state index in [1.54, 1.807) is 6.07 Å². The van der Waals surface area contributed by atoms with Gasteiger partial charge >= 0.3 is 0 Å². The lowest BCUT2D eigenvalue weighted by Gasteiger charge is -2.17. The van der Waals surface area contributed by atoms with E-state index in [1.807, 2.05) is 18.2 Å². The van der Waals surface area contributed by atoms with E-state index in [2.05, 4.69) is 56.8 Å². The zero-order valence-corrected chi connectivity index (χ0v) is 21.5. The van der Waals surface area contributed by atoms with Crippen LogP contribution in [0.4, 0.5) is 0 Å². The minimum Gasteiger partial charge on any atom is -0.487 e. The number of hydrogen-bond acceptors (Lipinski definition) is 4. The van der Waals surface area contributed by atoms with E-state index >= 15 is 0 Å². The maximum Gasteiger partial charge on any atom is 0.216 e. The molecule has 0 spiro atoms. The summed E-state index contributed by atoms with van der Waals surface area (Å²) in [6, 6.07) is 9.74. The lowest BCUT2D eigenvalue weighted by Crippen LogP contribution is -2.30. The monoisotopic (exact) mass is 542 g/mol. The number of benzene rings is 2. The van der Waals surface area contributed by atoms with Gasteiger partial charge in [-0.15, -0.1) is 6.42 Å². The SMILES string of the molecule is C#CCOc1cc(OCc2cccc(C3=CCCC=C3)c2Br)c(Cl)cc1CNCCNC(C)=O. The van der Waals surface area contributed by atoms with Gasteiger partial charge in [0, 0.05) is 48.2 Å². The Balaban J connectivity index is 1.72. The Morgan fingerprint density at radius 3 is 2.76 bits per heavy atom. The summed E-state index contributed by atoms with van der Waals surface area (Å²) in [5, 5.41) is 6.49. The normalized spacial score (nSPS) is 12.6. The largest absolute Gasteiger partial charge is 0.487 e. The van der Waals surface area contributed by atoms with Crippen LogP contribution < -0.4 is 20.1 Å². The van der Waals surface area contributed by atoms with E-state index in [0.717, 1.165) is 34.0 Å². The number of carbonyl (C=O) groups excluding carboxylic acids is 1. The van der Waals surface area contributed by atoms with Gasteiger partial charge < -0.3 is 20.1 Å². The standard InChI is InChI=1S/C27H28BrClN2O3/c1-3-14-33-25-16-26(24(29)15-22(25)17-30-12-13-31-19(2)32)34-18-21-10-7-11-23(27(21)28)20-8-5-4-6-9-20/h1,5,7-11,15-16,30H,4,6,12-14,17-18H2,2H3,(H,31,32). The molecule has 0 aromatic heterocycles. The predicted molar refractivity (Wildman–Crippen MR) is 141 cm³/mol. The molecule has 7 heteroatoms. The van der Waals surface area contributed by atoms with Crippen molar-refractivity contribution in [3.63, 3.8) is 0 Å². The van der Waals surface area contributed by atoms with Gasteiger partial charge in [-0.25, -0.2) is 0 Å². The van der Waals surface area contributed by atoms with Crippen molar-refractivity contribution in [1.82, 2.24) is 10.6 Å². The van der Waals surface area contributed by atoms with Gasteiger partial charge in [-0.1, -0.05) is 53.9 Å². The highest BCUT2D eigenvalue weighted by molar-refractivity contribution is 9.10. The molecule has 3 rings (SSSR count). The third-order valence-electron chi connectivity index (χ3n) is 5.19. The van der Waals surface area contributed by atoms with Crippen molar-refractivity contribution < 1.29 is 14.3 Å². The zero-order chi connectivity index (χ0) is 24.3. The highest BCUT2D eigenvalue weighted by Gasteiger charge is 2.14. The molecule has 0 fully saturated rings. The fourth-order valence-corrected chi connectivity index (χ4v) is 4.36. The number of hydrogen-bond donors (Lipinski definition) is 2. The molecule has 34 heavy (non-hydrogen) atoms. The van der Waals surface area contributed by atoms with E-state index in [-0.39, 0.29) is 12.5 Å². The molecule has 178 valence electrons. The van der Waals surface area contributed by atoms with Crippen LogP contribution in [0.5, 0.6) is 11.5 Å². The summed E-state index contributed by atoms with van der Waals surface area (Å²) in [6.45, 7) is 3.62. The van der Waals surface area contributed by atoms with Gasteiger partial charge in [0.25, 0.3) is 0 Å². The molecular weight excluding hydrogens is 516 g/mol. The summed E-state index contributed by atoms with van der Waals surface area (Å²) in [6.07, 6.45) is 14.1. The quantitative estimate of drug-likeness (QED) is 0.284. The van der Waals surface area contributed by atoms with Crippen molar-refractivity contribution in [3.8, 4) is 23.8 Å². The fraction of sp³-hybridized carbons (Fsp3) is 0.296. The Kier molecular flexibility index (Phi) is 10.1. The first-order valence-electron chi connectivity index (χ1n) is 11.1. The van der Waals surface area contributed by atoms with Crippen LogP contribution in [-0.4, -0.2) is 25.6 Å². The van der Waals surface area contributed by atoms with Gasteiger partial charge in [-0.05, 0) is 46.0 Å². The second kappa shape index (κ2) is 13.2. The van der Waals surface area contributed by atoms with Crippen LogP contribution in [0.1, 0.15) is 36.5 Å². The summed E-state index contributed by atoms with van der Waals surface area (Å²) < 4.78 is 12.8. The molecule has 1 aliphatic carbocycles. The van der Waals surface area contributed by atoms with Gasteiger partial charge in [0.15, 0.2) is 0 Å². The Labute approximate surface area is 214 Å². The molecule has 2 aromatic rings. The van der Waals surface area contributed by atoms with Gasteiger partial charge in [0.05, 0.1) is 5.02 Å². The van der Waals surface area contributed by atoms with E-state index < -0.39 is 0 Å². The number of amides is 1. The van der Waals surface area contributed by atoms with Crippen LogP contribution in [-0.2, 0) is 17.9 Å². The third-order valence-corrected chi connectivity index (χ3v) is 6.42. The topological polar surface area (TPSA) is 59.6 Å². The number of allylic oxidation sites excluding steroid dienone is 4. The van der Waals surface area contributed by atoms with Crippen LogP contribution in [0, 0.1) is 12.3 Å². The smallest absolute Gasteiger partial charge is 0.216 e. The number of ether oxygens (including phenoxy) is 2. The minimum atomic E-state index is -0.0616. The second-order valence-corrected chi connectivity index (χ2v) is 8.95. The summed E-state index contributed by atoms with van der Waals surface area (Å²) in [7, 11) is 0. The second-order valence-electron chi connectivity index (χ2n) is 7.75. The first-order valence-corrected chi connectivity index (χ1v) is 12.3. The number of halogens is 2. The lowest BCUT2D eigenvalue weighted by atomic mass is 9.98. The number of terminal acetylenes is 1. The highest BCUT2D eigenvalue weighted by atomic mass is 79.9. The summed E-state index contributed by atoms with van der Waals surface area (Å²) in [5.41, 5.74) is 4.22. The van der Waals surface area contributed by atoms with E-state index in [4.69, 9.17) is 27.5 Å². The van der Waals surface area contributed by atoms with Crippen molar-refractivity contribution in [1.29, 1.82) is 0 Å². The fourth-order valence-electron chi connectivity index (χ4n) is 3.51. The molecule has 1 amide bonds. The average molecular weight is 544 g/mol. The summed E-state index contributed by atoms with van der Waals surface area (Å²) in [4.78, 5) is 11.0. The van der Waals surface area contributed by atoms with Gasteiger partial charge in [-0.2, -0.15) is 0 Å². The zero-order valence-electron chi connectivity index (χ0n) is 19.1. The molecule has 0 radical (unpaired) electrons. The Morgan fingerprint density at radius 2 is 2.03 bits per heavy atom. The Morgan fingerprint density at radius 1 is 1.18 bits per heavy atom. The minimum absolute atomic E-state index is 0.0616. The van der Waals surface area contributed by atoms with Gasteiger partial charge in [-0.3, -0.25) is 4.79 Å². The Hall–Kier alpha value is -2.72. The average Bonchev–Trinajstić information content (AvgIpc) is 2.83. The van der Waals surface area contributed by atoms with Gasteiger partial charge in [0.1, 0.15) is 24.7 Å². The number of nitrogens with one attached hydrogen (secondary N) is 2. The first-order chi connectivity index (χ1) is 16.5. The molecule has 0 heterocycles. The molecule has 5 nitrogen and oxygen atoms in total. The molecule has 0 saturated carbocycles. The Bertz CT molecular complexity index is 1120. The highest BCUT2D eigenvalue weighted by Crippen LogP contribution is 2.35. The summed E-state index contributed by atoms with van der Waals surface area (Å²) >= 11 is 10.3. The van der Waals surface area contributed by atoms with E-state index in [9.17, 15) is 4.79 Å². The molecule has 1 aliphatic rings. The van der Waals surface area contributed by atoms with Crippen LogP contribution >= 0.6 is 27.5 Å². The molecule has 0 bridgehead atoms. The molecular formula is C27H28BrClN2O3. The lowest BCUT2D eigenvalue weighted by molar-refractivity contribution is -0.118. The van der Waals surface area contributed by atoms with Crippen molar-refractivity contribution in [2.75, 3.05) is 19.7 Å². The third kappa shape index (κ3) is 7.39. The van der Waals surface area contributed by atoms with E-state index in [1.165, 1.54) is 12.5 Å². The van der Waals surface area contributed by atoms with Crippen molar-refractivity contribution in [2.45, 2.75) is 32.9 Å². The number of rotatable bonds is 11. The predicted octanol–water partition coefficient (Wildman–Crippen LogP) is 5.65. The van der Waals surface area contributed by atoms with Crippen molar-refractivity contribution in [2.24, 2.45) is 0 Å². The van der Waals surface area contributed by atoms with Crippen molar-refractivity contribution >= 4 is 39.0 Å². The maximum atomic E-state index is 11.0. The molecule has 0 atom stereocenters. The van der Waals surface area contributed by atoms with Crippen molar-refractivity contribution in [3.05, 3.63) is 74.7 Å².